The molecule has 0 bridgehead atoms. The van der Waals surface area contributed by atoms with Gasteiger partial charge < -0.3 is 5.73 Å². The van der Waals surface area contributed by atoms with E-state index in [0.717, 1.165) is 4.90 Å². The number of aryl methyl sites for hydroxylation is 1. The standard InChI is InChI=1S/C12H10ClFN2S/c1-7-5-11(10(15)6-9(7)14)17-12-8(13)3-2-4-16-12/h2-6H,15H2,1H3. The second-order valence-corrected chi connectivity index (χ2v) is 4.97. The summed E-state index contributed by atoms with van der Waals surface area (Å²) in [6, 6.07) is 6.52. The van der Waals surface area contributed by atoms with Crippen LogP contribution >= 0.6 is 23.4 Å². The first-order valence-electron chi connectivity index (χ1n) is 4.92. The number of halogens is 2. The normalized spacial score (nSPS) is 10.5. The average molecular weight is 269 g/mol. The lowest BCUT2D eigenvalue weighted by Gasteiger charge is -2.07. The number of nitrogens with zero attached hydrogens (tertiary/aromatic N) is 1. The van der Waals surface area contributed by atoms with Crippen molar-refractivity contribution in [2.45, 2.75) is 16.8 Å². The molecular weight excluding hydrogens is 259 g/mol. The van der Waals surface area contributed by atoms with Crippen LogP contribution in [0.1, 0.15) is 5.56 Å². The first-order chi connectivity index (χ1) is 8.08. The molecule has 5 heteroatoms. The molecule has 0 aliphatic carbocycles. The Hall–Kier alpha value is -1.26. The van der Waals surface area contributed by atoms with Gasteiger partial charge in [0.25, 0.3) is 0 Å². The van der Waals surface area contributed by atoms with Gasteiger partial charge in [-0.3, -0.25) is 0 Å². The summed E-state index contributed by atoms with van der Waals surface area (Å²) in [4.78, 5) is 4.90. The molecule has 1 heterocycles. The number of nitrogen functional groups attached to an aromatic ring is 1. The predicted octanol–water partition coefficient (Wildman–Crippen LogP) is 3.92. The SMILES string of the molecule is Cc1cc(Sc2ncccc2Cl)c(N)cc1F. The second kappa shape index (κ2) is 4.94. The Bertz CT molecular complexity index is 560. The van der Waals surface area contributed by atoms with E-state index in [1.54, 1.807) is 31.3 Å². The molecule has 0 atom stereocenters. The molecule has 2 nitrogen and oxygen atoms in total. The summed E-state index contributed by atoms with van der Waals surface area (Å²) in [5.74, 6) is -0.307. The first-order valence-corrected chi connectivity index (χ1v) is 6.11. The van der Waals surface area contributed by atoms with Gasteiger partial charge in [-0.25, -0.2) is 9.37 Å². The molecule has 0 unspecified atom stereocenters. The molecule has 0 saturated heterocycles. The second-order valence-electron chi connectivity index (χ2n) is 3.53. The van der Waals surface area contributed by atoms with Crippen LogP contribution < -0.4 is 5.73 Å². The monoisotopic (exact) mass is 268 g/mol. The highest BCUT2D eigenvalue weighted by molar-refractivity contribution is 7.99. The topological polar surface area (TPSA) is 38.9 Å². The van der Waals surface area contributed by atoms with Gasteiger partial charge in [0, 0.05) is 16.8 Å². The molecule has 0 radical (unpaired) electrons. The lowest BCUT2D eigenvalue weighted by atomic mass is 10.2. The summed E-state index contributed by atoms with van der Waals surface area (Å²) < 4.78 is 13.2. The third-order valence-corrected chi connectivity index (χ3v) is 3.73. The maximum atomic E-state index is 13.2. The fourth-order valence-electron chi connectivity index (χ4n) is 1.31. The number of hydrogen-bond acceptors (Lipinski definition) is 3. The summed E-state index contributed by atoms with van der Waals surface area (Å²) in [5, 5.41) is 1.21. The maximum absolute atomic E-state index is 13.2. The van der Waals surface area contributed by atoms with Crippen LogP contribution in [0.5, 0.6) is 0 Å². The first kappa shape index (κ1) is 12.2. The van der Waals surface area contributed by atoms with E-state index in [4.69, 9.17) is 17.3 Å². The number of nitrogens with two attached hydrogens (primary N) is 1. The molecule has 0 amide bonds. The van der Waals surface area contributed by atoms with Crippen LogP contribution in [0.4, 0.5) is 10.1 Å². The van der Waals surface area contributed by atoms with Crippen LogP contribution in [0.15, 0.2) is 40.4 Å². The largest absolute Gasteiger partial charge is 0.398 e. The van der Waals surface area contributed by atoms with E-state index in [1.165, 1.54) is 17.8 Å². The molecule has 2 N–H and O–H groups in total. The smallest absolute Gasteiger partial charge is 0.128 e. The van der Waals surface area contributed by atoms with Crippen LogP contribution in [0, 0.1) is 12.7 Å². The molecule has 1 aromatic heterocycles. The van der Waals surface area contributed by atoms with Gasteiger partial charge in [-0.2, -0.15) is 0 Å². The van der Waals surface area contributed by atoms with Crippen molar-refractivity contribution in [2.24, 2.45) is 0 Å². The van der Waals surface area contributed by atoms with Crippen LogP contribution in [-0.4, -0.2) is 4.98 Å². The van der Waals surface area contributed by atoms with Crippen molar-refractivity contribution in [2.75, 3.05) is 5.73 Å². The van der Waals surface area contributed by atoms with Crippen molar-refractivity contribution in [1.29, 1.82) is 0 Å². The van der Waals surface area contributed by atoms with Crippen LogP contribution in [0.2, 0.25) is 5.02 Å². The number of aromatic nitrogens is 1. The van der Waals surface area contributed by atoms with Gasteiger partial charge >= 0.3 is 0 Å². The molecule has 0 aliphatic heterocycles. The number of anilines is 1. The zero-order valence-corrected chi connectivity index (χ0v) is 10.6. The van der Waals surface area contributed by atoms with Gasteiger partial charge in [-0.05, 0) is 36.8 Å². The highest BCUT2D eigenvalue weighted by Gasteiger charge is 2.09. The van der Waals surface area contributed by atoms with E-state index in [0.29, 0.717) is 21.3 Å². The van der Waals surface area contributed by atoms with Crippen molar-refractivity contribution < 1.29 is 4.39 Å². The average Bonchev–Trinajstić information content (AvgIpc) is 2.29. The Morgan fingerprint density at radius 1 is 1.41 bits per heavy atom. The van der Waals surface area contributed by atoms with E-state index in [9.17, 15) is 4.39 Å². The van der Waals surface area contributed by atoms with Crippen molar-refractivity contribution in [3.05, 3.63) is 46.9 Å². The van der Waals surface area contributed by atoms with Crippen LogP contribution in [0.25, 0.3) is 0 Å². The minimum atomic E-state index is -0.307. The minimum absolute atomic E-state index is 0.307. The van der Waals surface area contributed by atoms with Gasteiger partial charge in [0.2, 0.25) is 0 Å². The summed E-state index contributed by atoms with van der Waals surface area (Å²) in [6.07, 6.45) is 1.65. The fourth-order valence-corrected chi connectivity index (χ4v) is 2.45. The Morgan fingerprint density at radius 3 is 2.88 bits per heavy atom. The molecule has 88 valence electrons. The van der Waals surface area contributed by atoms with Crippen molar-refractivity contribution >= 4 is 29.1 Å². The Morgan fingerprint density at radius 2 is 2.18 bits per heavy atom. The predicted molar refractivity (Wildman–Crippen MR) is 68.9 cm³/mol. The van der Waals surface area contributed by atoms with E-state index in [-0.39, 0.29) is 5.82 Å². The van der Waals surface area contributed by atoms with E-state index in [2.05, 4.69) is 4.98 Å². The van der Waals surface area contributed by atoms with Crippen molar-refractivity contribution in [3.8, 4) is 0 Å². The molecule has 0 spiro atoms. The number of rotatable bonds is 2. The summed E-state index contributed by atoms with van der Waals surface area (Å²) in [6.45, 7) is 1.69. The minimum Gasteiger partial charge on any atom is -0.398 e. The van der Waals surface area contributed by atoms with Gasteiger partial charge in [0.15, 0.2) is 0 Å². The molecule has 0 saturated carbocycles. The molecule has 2 rings (SSSR count). The van der Waals surface area contributed by atoms with Gasteiger partial charge in [-0.1, -0.05) is 23.4 Å². The number of hydrogen-bond donors (Lipinski definition) is 1. The third-order valence-electron chi connectivity index (χ3n) is 2.22. The quantitative estimate of drug-likeness (QED) is 0.839. The van der Waals surface area contributed by atoms with Gasteiger partial charge in [0.05, 0.1) is 5.02 Å². The third kappa shape index (κ3) is 2.70. The van der Waals surface area contributed by atoms with E-state index in [1.807, 2.05) is 0 Å². The zero-order valence-electron chi connectivity index (χ0n) is 9.08. The molecule has 0 aliphatic rings. The van der Waals surface area contributed by atoms with E-state index >= 15 is 0 Å². The lowest BCUT2D eigenvalue weighted by Crippen LogP contribution is -1.93. The number of benzene rings is 1. The van der Waals surface area contributed by atoms with Crippen molar-refractivity contribution in [3.63, 3.8) is 0 Å². The fraction of sp³-hybridized carbons (Fsp3) is 0.0833. The molecule has 1 aromatic carbocycles. The number of pyridine rings is 1. The van der Waals surface area contributed by atoms with E-state index < -0.39 is 0 Å². The highest BCUT2D eigenvalue weighted by atomic mass is 35.5. The molecule has 0 fully saturated rings. The van der Waals surface area contributed by atoms with Gasteiger partial charge in [-0.15, -0.1) is 0 Å². The molecular formula is C12H10ClFN2S. The molecule has 17 heavy (non-hydrogen) atoms. The lowest BCUT2D eigenvalue weighted by molar-refractivity contribution is 0.618. The van der Waals surface area contributed by atoms with Crippen LogP contribution in [-0.2, 0) is 0 Å². The summed E-state index contributed by atoms with van der Waals surface area (Å²) in [5.41, 5.74) is 6.69. The van der Waals surface area contributed by atoms with Crippen molar-refractivity contribution in [1.82, 2.24) is 4.98 Å². The maximum Gasteiger partial charge on any atom is 0.128 e. The zero-order chi connectivity index (χ0) is 12.4. The Labute approximate surface area is 108 Å². The Balaban J connectivity index is 2.37. The Kier molecular flexibility index (Phi) is 3.54. The molecule has 2 aromatic rings. The summed E-state index contributed by atoms with van der Waals surface area (Å²) in [7, 11) is 0. The van der Waals surface area contributed by atoms with Crippen LogP contribution in [0.3, 0.4) is 0 Å². The highest BCUT2D eigenvalue weighted by Crippen LogP contribution is 2.35. The van der Waals surface area contributed by atoms with Gasteiger partial charge in [0.1, 0.15) is 10.8 Å². The summed E-state index contributed by atoms with van der Waals surface area (Å²) >= 11 is 7.33.